The van der Waals surface area contributed by atoms with Crippen LogP contribution in [-0.4, -0.2) is 18.5 Å². The van der Waals surface area contributed by atoms with Crippen LogP contribution in [0.15, 0.2) is 18.2 Å². The molecule has 112 valence electrons. The number of hydrogen-bond acceptors (Lipinski definition) is 2. The number of carbonyl (C=O) groups is 1. The highest BCUT2D eigenvalue weighted by molar-refractivity contribution is 5.97. The summed E-state index contributed by atoms with van der Waals surface area (Å²) in [6, 6.07) is 5.98. The number of nitrogens with one attached hydrogen (secondary N) is 1. The summed E-state index contributed by atoms with van der Waals surface area (Å²) in [5.74, 6) is 6.39. The number of benzene rings is 1. The predicted molar refractivity (Wildman–Crippen MR) is 86.0 cm³/mol. The first-order valence-electron chi connectivity index (χ1n) is 7.72. The maximum Gasteiger partial charge on any atom is 0.252 e. The molecule has 1 atom stereocenters. The van der Waals surface area contributed by atoms with E-state index in [1.54, 1.807) is 0 Å². The molecule has 0 bridgehead atoms. The summed E-state index contributed by atoms with van der Waals surface area (Å²) in [6.07, 6.45) is 5.00. The average molecular weight is 284 g/mol. The molecule has 0 radical (unpaired) electrons. The van der Waals surface area contributed by atoms with Crippen LogP contribution in [0.3, 0.4) is 0 Å². The molecule has 0 aliphatic heterocycles. The molecule has 1 fully saturated rings. The molecule has 21 heavy (non-hydrogen) atoms. The number of hydrogen-bond donors (Lipinski definition) is 2. The zero-order valence-electron chi connectivity index (χ0n) is 12.9. The Morgan fingerprint density at radius 1 is 1.43 bits per heavy atom. The molecule has 2 rings (SSSR count). The second-order valence-corrected chi connectivity index (χ2v) is 5.86. The number of nitrogens with two attached hydrogens (primary N) is 1. The number of carbonyl (C=O) groups excluding carboxylic acids is 1. The second kappa shape index (κ2) is 7.28. The fraction of sp³-hybridized carbons (Fsp3) is 0.500. The van der Waals surface area contributed by atoms with Crippen molar-refractivity contribution in [3.05, 3.63) is 34.9 Å². The van der Waals surface area contributed by atoms with Crippen LogP contribution >= 0.6 is 0 Å². The van der Waals surface area contributed by atoms with E-state index in [1.807, 2.05) is 25.1 Å². The quantitative estimate of drug-likeness (QED) is 0.838. The Labute approximate surface area is 127 Å². The maximum absolute atomic E-state index is 12.5. The van der Waals surface area contributed by atoms with Gasteiger partial charge in [0.1, 0.15) is 0 Å². The molecule has 1 aromatic carbocycles. The lowest BCUT2D eigenvalue weighted by atomic mass is 9.98. The van der Waals surface area contributed by atoms with E-state index in [0.29, 0.717) is 18.0 Å². The van der Waals surface area contributed by atoms with E-state index in [4.69, 9.17) is 5.73 Å². The van der Waals surface area contributed by atoms with E-state index in [0.717, 1.165) is 11.1 Å². The minimum Gasteiger partial charge on any atom is -0.349 e. The van der Waals surface area contributed by atoms with E-state index in [9.17, 15) is 4.79 Å². The van der Waals surface area contributed by atoms with Crippen LogP contribution in [0, 0.1) is 24.7 Å². The van der Waals surface area contributed by atoms with Gasteiger partial charge in [0.05, 0.1) is 12.1 Å². The Kier molecular flexibility index (Phi) is 5.41. The lowest BCUT2D eigenvalue weighted by molar-refractivity contribution is 0.0927. The van der Waals surface area contributed by atoms with Crippen molar-refractivity contribution in [3.8, 4) is 11.8 Å². The predicted octanol–water partition coefficient (Wildman–Crippen LogP) is 2.61. The van der Waals surface area contributed by atoms with Crippen molar-refractivity contribution in [1.82, 2.24) is 5.32 Å². The van der Waals surface area contributed by atoms with Gasteiger partial charge in [-0.3, -0.25) is 4.79 Å². The summed E-state index contributed by atoms with van der Waals surface area (Å²) in [7, 11) is 0. The van der Waals surface area contributed by atoms with Gasteiger partial charge in [0.25, 0.3) is 5.91 Å². The number of aryl methyl sites for hydroxylation is 1. The van der Waals surface area contributed by atoms with Gasteiger partial charge in [0.2, 0.25) is 0 Å². The van der Waals surface area contributed by atoms with Crippen molar-refractivity contribution >= 4 is 5.91 Å². The Morgan fingerprint density at radius 2 is 2.14 bits per heavy atom. The Bertz CT molecular complexity index is 562. The van der Waals surface area contributed by atoms with Crippen LogP contribution in [0.2, 0.25) is 0 Å². The third-order valence-corrected chi connectivity index (χ3v) is 4.21. The second-order valence-electron chi connectivity index (χ2n) is 5.86. The molecule has 1 unspecified atom stereocenters. The van der Waals surface area contributed by atoms with E-state index in [-0.39, 0.29) is 11.9 Å². The molecular formula is C18H24N2O. The SMILES string of the molecule is Cc1ccc(C#CCN)c(C(=O)NC(C)C2CCCC2)c1. The van der Waals surface area contributed by atoms with Crippen LogP contribution in [0.1, 0.15) is 54.1 Å². The third kappa shape index (κ3) is 4.09. The van der Waals surface area contributed by atoms with Crippen molar-refractivity contribution < 1.29 is 4.79 Å². The smallest absolute Gasteiger partial charge is 0.252 e. The number of amides is 1. The van der Waals surface area contributed by atoms with Gasteiger partial charge in [0.15, 0.2) is 0 Å². The van der Waals surface area contributed by atoms with Gasteiger partial charge in [-0.2, -0.15) is 0 Å². The van der Waals surface area contributed by atoms with Crippen molar-refractivity contribution in [2.75, 3.05) is 6.54 Å². The fourth-order valence-electron chi connectivity index (χ4n) is 2.96. The summed E-state index contributed by atoms with van der Waals surface area (Å²) in [4.78, 5) is 12.5. The van der Waals surface area contributed by atoms with Crippen molar-refractivity contribution in [3.63, 3.8) is 0 Å². The minimum atomic E-state index is -0.0283. The fourth-order valence-corrected chi connectivity index (χ4v) is 2.96. The van der Waals surface area contributed by atoms with Crippen molar-refractivity contribution in [1.29, 1.82) is 0 Å². The molecule has 3 N–H and O–H groups in total. The van der Waals surface area contributed by atoms with E-state index >= 15 is 0 Å². The molecular weight excluding hydrogens is 260 g/mol. The maximum atomic E-state index is 12.5. The van der Waals surface area contributed by atoms with Gasteiger partial charge in [0, 0.05) is 11.6 Å². The Hall–Kier alpha value is -1.79. The molecule has 0 spiro atoms. The minimum absolute atomic E-state index is 0.0283. The van der Waals surface area contributed by atoms with E-state index in [1.165, 1.54) is 25.7 Å². The van der Waals surface area contributed by atoms with Gasteiger partial charge in [-0.05, 0) is 44.7 Å². The van der Waals surface area contributed by atoms with Crippen LogP contribution in [0.25, 0.3) is 0 Å². The van der Waals surface area contributed by atoms with Gasteiger partial charge in [-0.15, -0.1) is 0 Å². The molecule has 3 nitrogen and oxygen atoms in total. The topological polar surface area (TPSA) is 55.1 Å². The van der Waals surface area contributed by atoms with Crippen molar-refractivity contribution in [2.45, 2.75) is 45.6 Å². The first-order valence-corrected chi connectivity index (χ1v) is 7.72. The molecule has 3 heteroatoms. The first-order chi connectivity index (χ1) is 10.1. The van der Waals surface area contributed by atoms with Gasteiger partial charge < -0.3 is 11.1 Å². The summed E-state index contributed by atoms with van der Waals surface area (Å²) in [5.41, 5.74) is 7.89. The molecule has 1 amide bonds. The zero-order valence-corrected chi connectivity index (χ0v) is 12.9. The molecule has 1 aromatic rings. The summed E-state index contributed by atoms with van der Waals surface area (Å²) in [5, 5.41) is 3.14. The Balaban J connectivity index is 2.15. The Morgan fingerprint density at radius 3 is 2.81 bits per heavy atom. The number of rotatable bonds is 3. The van der Waals surface area contributed by atoms with Crippen LogP contribution < -0.4 is 11.1 Å². The van der Waals surface area contributed by atoms with Crippen LogP contribution in [0.5, 0.6) is 0 Å². The molecule has 1 saturated carbocycles. The third-order valence-electron chi connectivity index (χ3n) is 4.21. The highest BCUT2D eigenvalue weighted by atomic mass is 16.1. The summed E-state index contributed by atoms with van der Waals surface area (Å²) < 4.78 is 0. The molecule has 1 aliphatic rings. The zero-order chi connectivity index (χ0) is 15.2. The summed E-state index contributed by atoms with van der Waals surface area (Å²) in [6.45, 7) is 4.39. The van der Waals surface area contributed by atoms with Crippen LogP contribution in [0.4, 0.5) is 0 Å². The van der Waals surface area contributed by atoms with Gasteiger partial charge >= 0.3 is 0 Å². The molecule has 0 heterocycles. The highest BCUT2D eigenvalue weighted by Crippen LogP contribution is 2.27. The monoisotopic (exact) mass is 284 g/mol. The molecule has 0 aromatic heterocycles. The van der Waals surface area contributed by atoms with Crippen LogP contribution in [-0.2, 0) is 0 Å². The highest BCUT2D eigenvalue weighted by Gasteiger charge is 2.23. The molecule has 0 saturated heterocycles. The summed E-state index contributed by atoms with van der Waals surface area (Å²) >= 11 is 0. The molecule has 1 aliphatic carbocycles. The van der Waals surface area contributed by atoms with E-state index < -0.39 is 0 Å². The van der Waals surface area contributed by atoms with E-state index in [2.05, 4.69) is 24.1 Å². The first kappa shape index (κ1) is 15.6. The standard InChI is InChI=1S/C18H24N2O/c1-13-9-10-16(8-5-11-19)17(12-13)18(21)20-14(2)15-6-3-4-7-15/h9-10,12,14-15H,3-4,6-7,11,19H2,1-2H3,(H,20,21). The lowest BCUT2D eigenvalue weighted by Crippen LogP contribution is -2.37. The largest absolute Gasteiger partial charge is 0.349 e. The normalized spacial score (nSPS) is 16.1. The van der Waals surface area contributed by atoms with Crippen molar-refractivity contribution in [2.24, 2.45) is 11.7 Å². The van der Waals surface area contributed by atoms with Gasteiger partial charge in [-0.1, -0.05) is 36.3 Å². The lowest BCUT2D eigenvalue weighted by Gasteiger charge is -2.20. The van der Waals surface area contributed by atoms with Gasteiger partial charge in [-0.25, -0.2) is 0 Å². The average Bonchev–Trinajstić information content (AvgIpc) is 3.00.